The van der Waals surface area contributed by atoms with Crippen molar-refractivity contribution in [1.29, 1.82) is 0 Å². The van der Waals surface area contributed by atoms with E-state index in [9.17, 15) is 9.59 Å². The molecule has 0 bridgehead atoms. The minimum Gasteiger partial charge on any atom is -0.341 e. The highest BCUT2D eigenvalue weighted by atomic mass is 32.2. The number of carbonyl (C=O) groups is 1. The van der Waals surface area contributed by atoms with Crippen molar-refractivity contribution in [3.63, 3.8) is 0 Å². The second-order valence-electron chi connectivity index (χ2n) is 6.23. The molecular weight excluding hydrogens is 322 g/mol. The minimum absolute atomic E-state index is 0.0574. The fraction of sp³-hybridized carbons (Fsp3) is 0.389. The van der Waals surface area contributed by atoms with Crippen LogP contribution in [0.25, 0.3) is 0 Å². The van der Waals surface area contributed by atoms with Gasteiger partial charge in [0.2, 0.25) is 5.91 Å². The smallest absolute Gasteiger partial charge is 0.251 e. The summed E-state index contributed by atoms with van der Waals surface area (Å²) in [5, 5.41) is 0.188. The molecule has 1 heterocycles. The van der Waals surface area contributed by atoms with Gasteiger partial charge in [-0.15, -0.1) is 0 Å². The number of hydrogen-bond acceptors (Lipinski definition) is 4. The first-order chi connectivity index (χ1) is 11.4. The molecule has 1 aliphatic carbocycles. The Morgan fingerprint density at radius 1 is 1.33 bits per heavy atom. The van der Waals surface area contributed by atoms with Crippen molar-refractivity contribution < 1.29 is 4.79 Å². The molecule has 1 atom stereocenters. The van der Waals surface area contributed by atoms with Crippen molar-refractivity contribution >= 4 is 17.7 Å². The average molecular weight is 343 g/mol. The summed E-state index contributed by atoms with van der Waals surface area (Å²) in [5.41, 5.74) is 3.11. The summed E-state index contributed by atoms with van der Waals surface area (Å²) in [5.74, 6) is 0.0574. The Kier molecular flexibility index (Phi) is 4.76. The molecule has 3 rings (SSSR count). The van der Waals surface area contributed by atoms with E-state index in [0.29, 0.717) is 10.9 Å². The van der Waals surface area contributed by atoms with Crippen molar-refractivity contribution in [2.75, 3.05) is 7.05 Å². The number of aromatic amines is 1. The highest BCUT2D eigenvalue weighted by Gasteiger charge is 2.30. The lowest BCUT2D eigenvalue weighted by Crippen LogP contribution is -2.41. The number of amides is 1. The lowest BCUT2D eigenvalue weighted by Gasteiger charge is -2.27. The van der Waals surface area contributed by atoms with E-state index in [1.165, 1.54) is 29.0 Å². The number of H-pyrrole nitrogens is 1. The van der Waals surface area contributed by atoms with Crippen molar-refractivity contribution in [2.24, 2.45) is 0 Å². The van der Waals surface area contributed by atoms with E-state index in [1.807, 2.05) is 31.0 Å². The van der Waals surface area contributed by atoms with Crippen molar-refractivity contribution in [3.8, 4) is 0 Å². The quantitative estimate of drug-likeness (QED) is 0.683. The first kappa shape index (κ1) is 16.8. The van der Waals surface area contributed by atoms with Gasteiger partial charge in [0, 0.05) is 24.8 Å². The van der Waals surface area contributed by atoms with Crippen LogP contribution in [0.15, 0.2) is 40.3 Å². The zero-order valence-corrected chi connectivity index (χ0v) is 14.9. The Morgan fingerprint density at radius 2 is 1.96 bits per heavy atom. The number of aromatic nitrogens is 2. The average Bonchev–Trinajstić information content (AvgIpc) is 2.96. The zero-order chi connectivity index (χ0) is 17.3. The SMILES string of the molecule is Cc1cc(=O)[nH]c(SC(C)C(=O)N(C)C2Cc3ccccc3C2)n1. The molecular formula is C18H21N3O2S. The topological polar surface area (TPSA) is 66.1 Å². The molecule has 6 heteroatoms. The van der Waals surface area contributed by atoms with Gasteiger partial charge in [-0.1, -0.05) is 36.0 Å². The highest BCUT2D eigenvalue weighted by molar-refractivity contribution is 8.00. The van der Waals surface area contributed by atoms with Gasteiger partial charge in [0.05, 0.1) is 5.25 Å². The molecule has 0 saturated carbocycles. The van der Waals surface area contributed by atoms with Crippen LogP contribution in [0, 0.1) is 6.92 Å². The molecule has 1 aliphatic rings. The van der Waals surface area contributed by atoms with Crippen LogP contribution in [0.1, 0.15) is 23.7 Å². The number of likely N-dealkylation sites (N-methyl/N-ethyl adjacent to an activating group) is 1. The Balaban J connectivity index is 1.66. The first-order valence-electron chi connectivity index (χ1n) is 8.02. The molecule has 1 unspecified atom stereocenters. The monoisotopic (exact) mass is 343 g/mol. The number of benzene rings is 1. The Labute approximate surface area is 145 Å². The predicted molar refractivity (Wildman–Crippen MR) is 95.3 cm³/mol. The molecule has 0 radical (unpaired) electrons. The number of hydrogen-bond donors (Lipinski definition) is 1. The third-order valence-corrected chi connectivity index (χ3v) is 5.38. The van der Waals surface area contributed by atoms with E-state index in [0.717, 1.165) is 12.8 Å². The van der Waals surface area contributed by atoms with Crippen LogP contribution >= 0.6 is 11.8 Å². The summed E-state index contributed by atoms with van der Waals surface area (Å²) in [4.78, 5) is 33.1. The second kappa shape index (κ2) is 6.81. The van der Waals surface area contributed by atoms with E-state index in [1.54, 1.807) is 6.92 Å². The van der Waals surface area contributed by atoms with E-state index >= 15 is 0 Å². The molecule has 0 spiro atoms. The Hall–Kier alpha value is -2.08. The summed E-state index contributed by atoms with van der Waals surface area (Å²) in [6.45, 7) is 3.63. The molecule has 5 nitrogen and oxygen atoms in total. The van der Waals surface area contributed by atoms with Crippen molar-refractivity contribution in [2.45, 2.75) is 43.1 Å². The number of carbonyl (C=O) groups excluding carboxylic acids is 1. The second-order valence-corrected chi connectivity index (χ2v) is 7.56. The summed E-state index contributed by atoms with van der Waals surface area (Å²) >= 11 is 1.29. The number of thioether (sulfide) groups is 1. The van der Waals surface area contributed by atoms with Gasteiger partial charge in [-0.2, -0.15) is 0 Å². The maximum Gasteiger partial charge on any atom is 0.251 e. The van der Waals surface area contributed by atoms with Crippen LogP contribution in [0.5, 0.6) is 0 Å². The molecule has 2 aromatic rings. The third kappa shape index (κ3) is 3.53. The highest BCUT2D eigenvalue weighted by Crippen LogP contribution is 2.27. The van der Waals surface area contributed by atoms with Gasteiger partial charge in [0.25, 0.3) is 5.56 Å². The first-order valence-corrected chi connectivity index (χ1v) is 8.90. The van der Waals surface area contributed by atoms with Gasteiger partial charge >= 0.3 is 0 Å². The largest absolute Gasteiger partial charge is 0.341 e. The fourth-order valence-electron chi connectivity index (χ4n) is 3.10. The molecule has 126 valence electrons. The van der Waals surface area contributed by atoms with Crippen LogP contribution in [-0.4, -0.2) is 39.1 Å². The molecule has 0 saturated heterocycles. The number of aryl methyl sites for hydroxylation is 1. The summed E-state index contributed by atoms with van der Waals surface area (Å²) in [7, 11) is 1.86. The zero-order valence-electron chi connectivity index (χ0n) is 14.1. The van der Waals surface area contributed by atoms with Crippen LogP contribution in [0.4, 0.5) is 0 Å². The predicted octanol–water partition coefficient (Wildman–Crippen LogP) is 2.18. The van der Waals surface area contributed by atoms with E-state index in [4.69, 9.17) is 0 Å². The Morgan fingerprint density at radius 3 is 2.54 bits per heavy atom. The maximum absolute atomic E-state index is 12.7. The van der Waals surface area contributed by atoms with Gasteiger partial charge < -0.3 is 9.88 Å². The standard InChI is InChI=1S/C18H21N3O2S/c1-11-8-16(22)20-18(19-11)24-12(2)17(23)21(3)15-9-13-6-4-5-7-14(13)10-15/h4-8,12,15H,9-10H2,1-3H3,(H,19,20,22). The van der Waals surface area contributed by atoms with E-state index in [2.05, 4.69) is 22.1 Å². The molecule has 0 fully saturated rings. The molecule has 0 aliphatic heterocycles. The van der Waals surface area contributed by atoms with Crippen molar-refractivity contribution in [3.05, 3.63) is 57.5 Å². The van der Waals surface area contributed by atoms with Crippen LogP contribution in [-0.2, 0) is 17.6 Å². The third-order valence-electron chi connectivity index (χ3n) is 4.41. The van der Waals surface area contributed by atoms with Gasteiger partial charge in [0.1, 0.15) is 0 Å². The van der Waals surface area contributed by atoms with Gasteiger partial charge in [0.15, 0.2) is 5.16 Å². The van der Waals surface area contributed by atoms with Crippen LogP contribution < -0.4 is 5.56 Å². The van der Waals surface area contributed by atoms with Crippen molar-refractivity contribution in [1.82, 2.24) is 14.9 Å². The minimum atomic E-state index is -0.302. The van der Waals surface area contributed by atoms with Gasteiger partial charge in [-0.05, 0) is 37.8 Å². The summed E-state index contributed by atoms with van der Waals surface area (Å²) in [6, 6.07) is 9.99. The molecule has 1 N–H and O–H groups in total. The summed E-state index contributed by atoms with van der Waals surface area (Å²) in [6.07, 6.45) is 1.80. The fourth-order valence-corrected chi connectivity index (χ4v) is 4.06. The lowest BCUT2D eigenvalue weighted by atomic mass is 10.1. The molecule has 1 aromatic carbocycles. The van der Waals surface area contributed by atoms with E-state index in [-0.39, 0.29) is 22.8 Å². The van der Waals surface area contributed by atoms with E-state index < -0.39 is 0 Å². The molecule has 1 amide bonds. The molecule has 1 aromatic heterocycles. The Bertz CT molecular complexity index is 793. The maximum atomic E-state index is 12.7. The summed E-state index contributed by atoms with van der Waals surface area (Å²) < 4.78 is 0. The normalized spacial score (nSPS) is 15.1. The number of nitrogens with zero attached hydrogens (tertiary/aromatic N) is 2. The van der Waals surface area contributed by atoms with Gasteiger partial charge in [-0.3, -0.25) is 9.59 Å². The lowest BCUT2D eigenvalue weighted by molar-refractivity contribution is -0.130. The number of rotatable bonds is 4. The number of nitrogens with one attached hydrogen (secondary N) is 1. The van der Waals surface area contributed by atoms with Crippen LogP contribution in [0.3, 0.4) is 0 Å². The number of fused-ring (bicyclic) bond motifs is 1. The molecule has 24 heavy (non-hydrogen) atoms. The van der Waals surface area contributed by atoms with Crippen LogP contribution in [0.2, 0.25) is 0 Å². The van der Waals surface area contributed by atoms with Gasteiger partial charge in [-0.25, -0.2) is 4.98 Å².